The Labute approximate surface area is 137 Å². The standard InChI is InChI=1S/C16H18N6O2/c1-24-13-5-3-2-4-12(13)22-14-11(20-16(22)23)9-18-15(21-14)19-10-6-7-17-8-10/h2-5,9-10,17H,6-8H2,1H3,(H,20,23)(H,18,19,21). The van der Waals surface area contributed by atoms with Crippen LogP contribution in [0, 0.1) is 0 Å². The maximum atomic E-state index is 12.4. The Kier molecular flexibility index (Phi) is 3.66. The molecular weight excluding hydrogens is 308 g/mol. The molecule has 124 valence electrons. The van der Waals surface area contributed by atoms with Gasteiger partial charge in [-0.25, -0.2) is 14.3 Å². The fourth-order valence-electron chi connectivity index (χ4n) is 2.97. The van der Waals surface area contributed by atoms with Gasteiger partial charge >= 0.3 is 5.69 Å². The summed E-state index contributed by atoms with van der Waals surface area (Å²) in [5.41, 5.74) is 1.47. The molecule has 24 heavy (non-hydrogen) atoms. The molecule has 1 aromatic carbocycles. The van der Waals surface area contributed by atoms with E-state index in [1.54, 1.807) is 13.3 Å². The van der Waals surface area contributed by atoms with Gasteiger partial charge in [0.2, 0.25) is 5.95 Å². The Morgan fingerprint density at radius 2 is 2.25 bits per heavy atom. The summed E-state index contributed by atoms with van der Waals surface area (Å²) in [6, 6.07) is 7.65. The molecule has 0 aliphatic carbocycles. The molecular formula is C16H18N6O2. The molecule has 1 aliphatic rings. The summed E-state index contributed by atoms with van der Waals surface area (Å²) in [6.07, 6.45) is 2.65. The van der Waals surface area contributed by atoms with Crippen molar-refractivity contribution >= 4 is 17.1 Å². The topological polar surface area (TPSA) is 96.9 Å². The van der Waals surface area contributed by atoms with Gasteiger partial charge in [-0.15, -0.1) is 0 Å². The highest BCUT2D eigenvalue weighted by atomic mass is 16.5. The normalized spacial score (nSPS) is 17.3. The van der Waals surface area contributed by atoms with Crippen LogP contribution in [-0.4, -0.2) is 45.8 Å². The zero-order chi connectivity index (χ0) is 16.5. The third-order valence-electron chi connectivity index (χ3n) is 4.14. The molecule has 0 bridgehead atoms. The molecule has 0 amide bonds. The van der Waals surface area contributed by atoms with E-state index in [1.807, 2.05) is 24.3 Å². The molecule has 1 fully saturated rings. The van der Waals surface area contributed by atoms with Crippen LogP contribution in [-0.2, 0) is 0 Å². The van der Waals surface area contributed by atoms with E-state index in [0.717, 1.165) is 19.5 Å². The average molecular weight is 326 g/mol. The minimum Gasteiger partial charge on any atom is -0.495 e. The number of rotatable bonds is 4. The minimum atomic E-state index is -0.275. The number of benzene rings is 1. The first kappa shape index (κ1) is 14.7. The Bertz CT molecular complexity index is 926. The predicted molar refractivity (Wildman–Crippen MR) is 90.9 cm³/mol. The summed E-state index contributed by atoms with van der Waals surface area (Å²) >= 11 is 0. The molecule has 0 saturated carbocycles. The minimum absolute atomic E-state index is 0.275. The molecule has 1 saturated heterocycles. The van der Waals surface area contributed by atoms with Crippen molar-refractivity contribution in [2.75, 3.05) is 25.5 Å². The highest BCUT2D eigenvalue weighted by Crippen LogP contribution is 2.23. The Morgan fingerprint density at radius 1 is 1.38 bits per heavy atom. The largest absolute Gasteiger partial charge is 0.495 e. The number of fused-ring (bicyclic) bond motifs is 1. The number of hydrogen-bond donors (Lipinski definition) is 3. The van der Waals surface area contributed by atoms with Gasteiger partial charge in [-0.2, -0.15) is 4.98 Å². The molecule has 0 spiro atoms. The van der Waals surface area contributed by atoms with Gasteiger partial charge in [0.05, 0.1) is 19.0 Å². The second-order valence-electron chi connectivity index (χ2n) is 5.70. The first-order chi connectivity index (χ1) is 11.8. The van der Waals surface area contributed by atoms with Crippen LogP contribution in [0.3, 0.4) is 0 Å². The molecule has 1 aliphatic heterocycles. The van der Waals surface area contributed by atoms with Gasteiger partial charge in [-0.05, 0) is 25.1 Å². The Morgan fingerprint density at radius 3 is 3.04 bits per heavy atom. The highest BCUT2D eigenvalue weighted by molar-refractivity contribution is 5.74. The lowest BCUT2D eigenvalue weighted by Crippen LogP contribution is -2.23. The van der Waals surface area contributed by atoms with E-state index in [0.29, 0.717) is 34.6 Å². The van der Waals surface area contributed by atoms with Gasteiger partial charge in [0.1, 0.15) is 11.3 Å². The molecule has 4 rings (SSSR count). The SMILES string of the molecule is COc1ccccc1-n1c(=O)[nH]c2cnc(NC3CCNC3)nc21. The number of nitrogens with one attached hydrogen (secondary N) is 3. The number of aromatic amines is 1. The molecule has 0 radical (unpaired) electrons. The van der Waals surface area contributed by atoms with Crippen molar-refractivity contribution < 1.29 is 4.74 Å². The van der Waals surface area contributed by atoms with E-state index in [1.165, 1.54) is 4.57 Å². The lowest BCUT2D eigenvalue weighted by Gasteiger charge is -2.12. The smallest absolute Gasteiger partial charge is 0.332 e. The number of aromatic nitrogens is 4. The Balaban J connectivity index is 1.82. The molecule has 3 heterocycles. The number of ether oxygens (including phenoxy) is 1. The first-order valence-corrected chi connectivity index (χ1v) is 7.84. The van der Waals surface area contributed by atoms with Crippen molar-refractivity contribution in [3.8, 4) is 11.4 Å². The van der Waals surface area contributed by atoms with Gasteiger partial charge in [0.25, 0.3) is 0 Å². The second kappa shape index (κ2) is 5.97. The van der Waals surface area contributed by atoms with Crippen LogP contribution in [0.15, 0.2) is 35.3 Å². The highest BCUT2D eigenvalue weighted by Gasteiger charge is 2.18. The van der Waals surface area contributed by atoms with Gasteiger partial charge in [-0.1, -0.05) is 12.1 Å². The zero-order valence-electron chi connectivity index (χ0n) is 13.2. The van der Waals surface area contributed by atoms with Crippen molar-refractivity contribution in [3.05, 3.63) is 40.9 Å². The molecule has 3 aromatic rings. The van der Waals surface area contributed by atoms with E-state index >= 15 is 0 Å². The van der Waals surface area contributed by atoms with Crippen molar-refractivity contribution in [1.82, 2.24) is 24.8 Å². The number of H-pyrrole nitrogens is 1. The third kappa shape index (κ3) is 2.50. The summed E-state index contributed by atoms with van der Waals surface area (Å²) < 4.78 is 6.88. The number of imidazole rings is 1. The monoisotopic (exact) mass is 326 g/mol. The van der Waals surface area contributed by atoms with Crippen LogP contribution in [0.4, 0.5) is 5.95 Å². The van der Waals surface area contributed by atoms with Gasteiger partial charge in [-0.3, -0.25) is 0 Å². The molecule has 2 aromatic heterocycles. The molecule has 8 nitrogen and oxygen atoms in total. The van der Waals surface area contributed by atoms with Crippen LogP contribution in [0.25, 0.3) is 16.9 Å². The van der Waals surface area contributed by atoms with E-state index in [2.05, 4.69) is 25.6 Å². The quantitative estimate of drug-likeness (QED) is 0.659. The number of anilines is 1. The summed E-state index contributed by atoms with van der Waals surface area (Å²) in [5.74, 6) is 1.12. The van der Waals surface area contributed by atoms with Crippen LogP contribution in [0.2, 0.25) is 0 Å². The maximum absolute atomic E-state index is 12.4. The van der Waals surface area contributed by atoms with Crippen LogP contribution in [0.5, 0.6) is 5.75 Å². The van der Waals surface area contributed by atoms with Crippen LogP contribution in [0.1, 0.15) is 6.42 Å². The summed E-state index contributed by atoms with van der Waals surface area (Å²) in [5, 5.41) is 6.59. The van der Waals surface area contributed by atoms with E-state index in [4.69, 9.17) is 4.74 Å². The summed E-state index contributed by atoms with van der Waals surface area (Å²) in [4.78, 5) is 24.0. The summed E-state index contributed by atoms with van der Waals surface area (Å²) in [6.45, 7) is 1.86. The maximum Gasteiger partial charge on any atom is 0.332 e. The number of para-hydroxylation sites is 2. The van der Waals surface area contributed by atoms with E-state index < -0.39 is 0 Å². The molecule has 3 N–H and O–H groups in total. The Hall–Kier alpha value is -2.87. The zero-order valence-corrected chi connectivity index (χ0v) is 13.2. The van der Waals surface area contributed by atoms with Crippen molar-refractivity contribution in [1.29, 1.82) is 0 Å². The fourth-order valence-corrected chi connectivity index (χ4v) is 2.97. The van der Waals surface area contributed by atoms with E-state index in [-0.39, 0.29) is 5.69 Å². The first-order valence-electron chi connectivity index (χ1n) is 7.84. The molecule has 8 heteroatoms. The molecule has 1 atom stereocenters. The van der Waals surface area contributed by atoms with Gasteiger partial charge < -0.3 is 20.4 Å². The van der Waals surface area contributed by atoms with Gasteiger partial charge in [0, 0.05) is 12.6 Å². The average Bonchev–Trinajstić information content (AvgIpc) is 3.21. The lowest BCUT2D eigenvalue weighted by molar-refractivity contribution is 0.413. The van der Waals surface area contributed by atoms with Crippen molar-refractivity contribution in [2.45, 2.75) is 12.5 Å². The fraction of sp³-hybridized carbons (Fsp3) is 0.312. The van der Waals surface area contributed by atoms with E-state index in [9.17, 15) is 4.79 Å². The summed E-state index contributed by atoms with van der Waals surface area (Å²) in [7, 11) is 1.58. The van der Waals surface area contributed by atoms with Gasteiger partial charge in [0.15, 0.2) is 5.65 Å². The number of hydrogen-bond acceptors (Lipinski definition) is 6. The number of nitrogens with zero attached hydrogens (tertiary/aromatic N) is 3. The van der Waals surface area contributed by atoms with Crippen LogP contribution >= 0.6 is 0 Å². The number of methoxy groups -OCH3 is 1. The second-order valence-corrected chi connectivity index (χ2v) is 5.70. The third-order valence-corrected chi connectivity index (χ3v) is 4.14. The predicted octanol–water partition coefficient (Wildman–Crippen LogP) is 0.891. The van der Waals surface area contributed by atoms with Crippen LogP contribution < -0.4 is 21.1 Å². The lowest BCUT2D eigenvalue weighted by atomic mass is 10.3. The van der Waals surface area contributed by atoms with Crippen molar-refractivity contribution in [2.24, 2.45) is 0 Å². The van der Waals surface area contributed by atoms with Crippen molar-refractivity contribution in [3.63, 3.8) is 0 Å². The molecule has 1 unspecified atom stereocenters.